The van der Waals surface area contributed by atoms with Crippen molar-refractivity contribution < 1.29 is 14.3 Å². The minimum Gasteiger partial charge on any atom is -0.383 e. The van der Waals surface area contributed by atoms with Gasteiger partial charge in [0.05, 0.1) is 13.2 Å². The van der Waals surface area contributed by atoms with Crippen molar-refractivity contribution in [2.45, 2.75) is 19.4 Å². The summed E-state index contributed by atoms with van der Waals surface area (Å²) in [6.07, 6.45) is 0.383. The van der Waals surface area contributed by atoms with Crippen LogP contribution in [-0.2, 0) is 14.3 Å². The highest BCUT2D eigenvalue weighted by atomic mass is 16.5. The molecule has 1 unspecified atom stereocenters. The van der Waals surface area contributed by atoms with Crippen LogP contribution in [0.2, 0.25) is 0 Å². The fraction of sp³-hybridized carbons (Fsp3) is 0.900. The van der Waals surface area contributed by atoms with Crippen molar-refractivity contribution in [3.63, 3.8) is 0 Å². The molecule has 0 aliphatic rings. The first kappa shape index (κ1) is 15.3. The van der Waals surface area contributed by atoms with E-state index in [1.165, 1.54) is 0 Å². The van der Waals surface area contributed by atoms with Gasteiger partial charge in [0, 0.05) is 39.8 Å². The molecule has 1 atom stereocenters. The molecule has 0 aromatic rings. The summed E-state index contributed by atoms with van der Waals surface area (Å²) in [5.41, 5.74) is 2.12. The highest BCUT2D eigenvalue weighted by Crippen LogP contribution is 2.01. The van der Waals surface area contributed by atoms with E-state index in [9.17, 15) is 4.79 Å². The Balaban J connectivity index is 4.03. The summed E-state index contributed by atoms with van der Waals surface area (Å²) in [5.74, 6) is 4.87. The first-order valence-electron chi connectivity index (χ1n) is 5.37. The lowest BCUT2D eigenvalue weighted by Crippen LogP contribution is -2.41. The Morgan fingerprint density at radius 3 is 2.56 bits per heavy atom. The Kier molecular flexibility index (Phi) is 9.12. The number of hydrazine groups is 1. The zero-order valence-corrected chi connectivity index (χ0v) is 10.4. The van der Waals surface area contributed by atoms with Crippen molar-refractivity contribution in [2.75, 3.05) is 40.5 Å². The number of methoxy groups -OCH3 is 2. The molecule has 96 valence electrons. The molecule has 6 nitrogen and oxygen atoms in total. The second-order valence-electron chi connectivity index (χ2n) is 3.65. The third kappa shape index (κ3) is 6.73. The maximum atomic E-state index is 11.0. The molecule has 16 heavy (non-hydrogen) atoms. The minimum absolute atomic E-state index is 0.160. The van der Waals surface area contributed by atoms with Gasteiger partial charge in [-0.05, 0) is 6.92 Å². The van der Waals surface area contributed by atoms with E-state index in [0.29, 0.717) is 26.2 Å². The molecule has 0 saturated heterocycles. The van der Waals surface area contributed by atoms with Crippen LogP contribution >= 0.6 is 0 Å². The predicted octanol–water partition coefficient (Wildman–Crippen LogP) is -0.650. The molecule has 0 rings (SSSR count). The maximum Gasteiger partial charge on any atom is 0.235 e. The van der Waals surface area contributed by atoms with Crippen molar-refractivity contribution in [2.24, 2.45) is 5.84 Å². The number of nitrogens with one attached hydrogen (secondary N) is 1. The standard InChI is InChI=1S/C10H23N3O3/c1-9(8-16-3)13(6-7-15-2)5-4-10(14)12-11/h9H,4-8,11H2,1-3H3,(H,12,14). The number of carbonyl (C=O) groups excluding carboxylic acids is 1. The molecule has 3 N–H and O–H groups in total. The third-order valence-electron chi connectivity index (χ3n) is 2.40. The number of nitrogens with two attached hydrogens (primary N) is 1. The number of hydrogen-bond donors (Lipinski definition) is 2. The molecule has 1 amide bonds. The van der Waals surface area contributed by atoms with Crippen molar-refractivity contribution in [1.82, 2.24) is 10.3 Å². The van der Waals surface area contributed by atoms with Gasteiger partial charge in [0.2, 0.25) is 5.91 Å². The van der Waals surface area contributed by atoms with E-state index in [0.717, 1.165) is 6.54 Å². The van der Waals surface area contributed by atoms with Crippen LogP contribution in [0.15, 0.2) is 0 Å². The normalized spacial score (nSPS) is 12.8. The Hall–Kier alpha value is -0.690. The van der Waals surface area contributed by atoms with E-state index < -0.39 is 0 Å². The van der Waals surface area contributed by atoms with Crippen molar-refractivity contribution in [3.8, 4) is 0 Å². The zero-order valence-electron chi connectivity index (χ0n) is 10.4. The SMILES string of the molecule is COCCN(CCC(=O)NN)C(C)COC. The predicted molar refractivity (Wildman–Crippen MR) is 61.7 cm³/mol. The van der Waals surface area contributed by atoms with Crippen molar-refractivity contribution >= 4 is 5.91 Å². The van der Waals surface area contributed by atoms with Gasteiger partial charge in [-0.25, -0.2) is 5.84 Å². The summed E-state index contributed by atoms with van der Waals surface area (Å²) in [6.45, 7) is 4.75. The quantitative estimate of drug-likeness (QED) is 0.314. The van der Waals surface area contributed by atoms with Gasteiger partial charge < -0.3 is 9.47 Å². The molecule has 6 heteroatoms. The fourth-order valence-corrected chi connectivity index (χ4v) is 1.43. The highest BCUT2D eigenvalue weighted by Gasteiger charge is 2.14. The summed E-state index contributed by atoms with van der Waals surface area (Å²) in [7, 11) is 3.32. The average Bonchev–Trinajstić information content (AvgIpc) is 2.29. The summed E-state index contributed by atoms with van der Waals surface area (Å²) < 4.78 is 10.1. The molecule has 0 aliphatic heterocycles. The smallest absolute Gasteiger partial charge is 0.235 e. The zero-order chi connectivity index (χ0) is 12.4. The van der Waals surface area contributed by atoms with Crippen molar-refractivity contribution in [3.05, 3.63) is 0 Å². The molecule has 0 bridgehead atoms. The number of nitrogens with zero attached hydrogens (tertiary/aromatic N) is 1. The number of ether oxygens (including phenoxy) is 2. The first-order chi connectivity index (χ1) is 7.65. The van der Waals surface area contributed by atoms with Gasteiger partial charge in [-0.3, -0.25) is 15.1 Å². The van der Waals surface area contributed by atoms with Crippen LogP contribution in [0, 0.1) is 0 Å². The van der Waals surface area contributed by atoms with Crippen LogP contribution in [0.3, 0.4) is 0 Å². The first-order valence-corrected chi connectivity index (χ1v) is 5.37. The Morgan fingerprint density at radius 2 is 2.06 bits per heavy atom. The Morgan fingerprint density at radius 1 is 1.38 bits per heavy atom. The molecule has 0 spiro atoms. The van der Waals surface area contributed by atoms with Gasteiger partial charge in [0.1, 0.15) is 0 Å². The van der Waals surface area contributed by atoms with Gasteiger partial charge in [0.25, 0.3) is 0 Å². The molecular formula is C10H23N3O3. The molecule has 0 aliphatic carbocycles. The molecule has 0 aromatic carbocycles. The van der Waals surface area contributed by atoms with E-state index in [2.05, 4.69) is 17.2 Å². The topological polar surface area (TPSA) is 76.8 Å². The van der Waals surface area contributed by atoms with E-state index in [-0.39, 0.29) is 11.9 Å². The second-order valence-corrected chi connectivity index (χ2v) is 3.65. The largest absolute Gasteiger partial charge is 0.383 e. The average molecular weight is 233 g/mol. The monoisotopic (exact) mass is 233 g/mol. The van der Waals surface area contributed by atoms with E-state index in [1.54, 1.807) is 14.2 Å². The van der Waals surface area contributed by atoms with Gasteiger partial charge in [-0.15, -0.1) is 0 Å². The van der Waals surface area contributed by atoms with Crippen LogP contribution in [0.1, 0.15) is 13.3 Å². The molecule has 0 aromatic heterocycles. The second kappa shape index (κ2) is 9.53. The van der Waals surface area contributed by atoms with Gasteiger partial charge >= 0.3 is 0 Å². The molecule has 0 heterocycles. The lowest BCUT2D eigenvalue weighted by atomic mass is 10.2. The molecule has 0 fully saturated rings. The van der Waals surface area contributed by atoms with Crippen LogP contribution in [0.25, 0.3) is 0 Å². The maximum absolute atomic E-state index is 11.0. The van der Waals surface area contributed by atoms with Gasteiger partial charge in [0.15, 0.2) is 0 Å². The number of amides is 1. The van der Waals surface area contributed by atoms with E-state index >= 15 is 0 Å². The van der Waals surface area contributed by atoms with Gasteiger partial charge in [-0.2, -0.15) is 0 Å². The number of rotatable bonds is 9. The van der Waals surface area contributed by atoms with E-state index in [1.807, 2.05) is 0 Å². The summed E-state index contributed by atoms with van der Waals surface area (Å²) in [5, 5.41) is 0. The Bertz CT molecular complexity index is 190. The molecule has 0 saturated carbocycles. The summed E-state index contributed by atoms with van der Waals surface area (Å²) >= 11 is 0. The molecular weight excluding hydrogens is 210 g/mol. The van der Waals surface area contributed by atoms with Crippen LogP contribution < -0.4 is 11.3 Å². The minimum atomic E-state index is -0.160. The third-order valence-corrected chi connectivity index (χ3v) is 2.40. The Labute approximate surface area is 97.0 Å². The van der Waals surface area contributed by atoms with Crippen LogP contribution in [0.5, 0.6) is 0 Å². The molecule has 0 radical (unpaired) electrons. The fourth-order valence-electron chi connectivity index (χ4n) is 1.43. The van der Waals surface area contributed by atoms with Gasteiger partial charge in [-0.1, -0.05) is 0 Å². The summed E-state index contributed by atoms with van der Waals surface area (Å²) in [6, 6.07) is 0.255. The highest BCUT2D eigenvalue weighted by molar-refractivity contribution is 5.75. The van der Waals surface area contributed by atoms with Crippen molar-refractivity contribution in [1.29, 1.82) is 0 Å². The van der Waals surface area contributed by atoms with Crippen LogP contribution in [-0.4, -0.2) is 57.4 Å². The van der Waals surface area contributed by atoms with Crippen LogP contribution in [0.4, 0.5) is 0 Å². The summed E-state index contributed by atoms with van der Waals surface area (Å²) in [4.78, 5) is 13.2. The van der Waals surface area contributed by atoms with E-state index in [4.69, 9.17) is 15.3 Å². The lowest BCUT2D eigenvalue weighted by Gasteiger charge is -2.27. The lowest BCUT2D eigenvalue weighted by molar-refractivity contribution is -0.121. The number of carbonyl (C=O) groups is 1. The number of hydrogen-bond acceptors (Lipinski definition) is 5.